The number of anilines is 1. The van der Waals surface area contributed by atoms with Crippen molar-refractivity contribution in [3.05, 3.63) is 28.3 Å². The quantitative estimate of drug-likeness (QED) is 0.669. The van der Waals surface area contributed by atoms with Gasteiger partial charge in [-0.3, -0.25) is 0 Å². The average molecular weight is 215 g/mol. The summed E-state index contributed by atoms with van der Waals surface area (Å²) in [5, 5.41) is 13.1. The second-order valence-electron chi connectivity index (χ2n) is 3.31. The van der Waals surface area contributed by atoms with Crippen molar-refractivity contribution in [2.75, 3.05) is 19.3 Å². The third-order valence-electron chi connectivity index (χ3n) is 2.14. The third-order valence-corrected chi connectivity index (χ3v) is 2.45. The molecule has 0 heterocycles. The van der Waals surface area contributed by atoms with Gasteiger partial charge >= 0.3 is 0 Å². The first kappa shape index (κ1) is 11.3. The van der Waals surface area contributed by atoms with Crippen molar-refractivity contribution in [2.24, 2.45) is 0 Å². The van der Waals surface area contributed by atoms with E-state index in [1.165, 1.54) is 0 Å². The van der Waals surface area contributed by atoms with Crippen LogP contribution in [0, 0.1) is 6.92 Å². The molecule has 1 aromatic rings. The van der Waals surface area contributed by atoms with Crippen LogP contribution in [0.25, 0.3) is 0 Å². The summed E-state index contributed by atoms with van der Waals surface area (Å²) in [4.78, 5) is 0. The molecule has 0 bridgehead atoms. The summed E-state index contributed by atoms with van der Waals surface area (Å²) in [6, 6.07) is 3.55. The molecule has 0 aliphatic heterocycles. The van der Waals surface area contributed by atoms with Gasteiger partial charge in [-0.25, -0.2) is 0 Å². The minimum atomic E-state index is -0.545. The Morgan fingerprint density at radius 2 is 2.21 bits per heavy atom. The van der Waals surface area contributed by atoms with E-state index in [9.17, 15) is 5.11 Å². The lowest BCUT2D eigenvalue weighted by molar-refractivity contribution is 0.178. The minimum Gasteiger partial charge on any atom is -0.397 e. The van der Waals surface area contributed by atoms with Crippen LogP contribution in [0.15, 0.2) is 12.1 Å². The SMILES string of the molecule is CNCC(O)c1cc(C)c(N)c(Cl)c1. The molecule has 0 saturated heterocycles. The number of likely N-dealkylation sites (N-methyl/N-ethyl adjacent to an activating group) is 1. The third kappa shape index (κ3) is 2.38. The lowest BCUT2D eigenvalue weighted by Gasteiger charge is -2.13. The van der Waals surface area contributed by atoms with Crippen LogP contribution in [0.1, 0.15) is 17.2 Å². The molecule has 0 amide bonds. The first-order valence-electron chi connectivity index (χ1n) is 4.44. The van der Waals surface area contributed by atoms with Gasteiger partial charge in [0.2, 0.25) is 0 Å². The summed E-state index contributed by atoms with van der Waals surface area (Å²) in [6.45, 7) is 2.37. The fraction of sp³-hybridized carbons (Fsp3) is 0.400. The standard InChI is InChI=1S/C10H15ClN2O/c1-6-3-7(9(14)5-13-2)4-8(11)10(6)12/h3-4,9,13-14H,5,12H2,1-2H3. The normalized spacial score (nSPS) is 12.9. The minimum absolute atomic E-state index is 0.496. The number of aryl methyl sites for hydroxylation is 1. The molecular weight excluding hydrogens is 200 g/mol. The van der Waals surface area contributed by atoms with E-state index < -0.39 is 6.10 Å². The van der Waals surface area contributed by atoms with Crippen molar-refractivity contribution in [1.82, 2.24) is 5.32 Å². The zero-order valence-electron chi connectivity index (χ0n) is 8.34. The Balaban J connectivity index is 3.00. The van der Waals surface area contributed by atoms with Gasteiger partial charge in [0, 0.05) is 6.54 Å². The van der Waals surface area contributed by atoms with Gasteiger partial charge in [0.15, 0.2) is 0 Å². The summed E-state index contributed by atoms with van der Waals surface area (Å²) in [5.41, 5.74) is 7.95. The van der Waals surface area contributed by atoms with E-state index in [2.05, 4.69) is 5.32 Å². The Kier molecular flexibility index (Phi) is 3.75. The second kappa shape index (κ2) is 4.64. The smallest absolute Gasteiger partial charge is 0.0914 e. The zero-order valence-corrected chi connectivity index (χ0v) is 9.10. The van der Waals surface area contributed by atoms with Crippen LogP contribution in [-0.2, 0) is 0 Å². The van der Waals surface area contributed by atoms with E-state index in [0.717, 1.165) is 11.1 Å². The Morgan fingerprint density at radius 3 is 2.71 bits per heavy atom. The molecule has 0 saturated carbocycles. The highest BCUT2D eigenvalue weighted by atomic mass is 35.5. The second-order valence-corrected chi connectivity index (χ2v) is 3.71. The van der Waals surface area contributed by atoms with Gasteiger partial charge in [-0.15, -0.1) is 0 Å². The molecule has 0 aliphatic carbocycles. The highest BCUT2D eigenvalue weighted by molar-refractivity contribution is 6.33. The molecule has 1 aromatic carbocycles. The highest BCUT2D eigenvalue weighted by Crippen LogP contribution is 2.27. The van der Waals surface area contributed by atoms with Crippen molar-refractivity contribution in [3.8, 4) is 0 Å². The number of nitrogens with two attached hydrogens (primary N) is 1. The van der Waals surface area contributed by atoms with E-state index in [4.69, 9.17) is 17.3 Å². The van der Waals surface area contributed by atoms with Crippen LogP contribution < -0.4 is 11.1 Å². The van der Waals surface area contributed by atoms with Gasteiger partial charge in [0.25, 0.3) is 0 Å². The van der Waals surface area contributed by atoms with Gasteiger partial charge in [0.05, 0.1) is 16.8 Å². The average Bonchev–Trinajstić information content (AvgIpc) is 2.13. The summed E-state index contributed by atoms with van der Waals surface area (Å²) in [6.07, 6.45) is -0.545. The maximum absolute atomic E-state index is 9.70. The van der Waals surface area contributed by atoms with Gasteiger partial charge in [0.1, 0.15) is 0 Å². The number of aliphatic hydroxyl groups is 1. The number of nitrogens with one attached hydrogen (secondary N) is 1. The molecular formula is C10H15ClN2O. The number of nitrogen functional groups attached to an aromatic ring is 1. The van der Waals surface area contributed by atoms with Gasteiger partial charge in [-0.05, 0) is 31.2 Å². The molecule has 0 aliphatic rings. The number of hydrogen-bond acceptors (Lipinski definition) is 3. The molecule has 0 aromatic heterocycles. The van der Waals surface area contributed by atoms with Crippen molar-refractivity contribution in [3.63, 3.8) is 0 Å². The molecule has 0 radical (unpaired) electrons. The van der Waals surface area contributed by atoms with Crippen LogP contribution >= 0.6 is 11.6 Å². The van der Waals surface area contributed by atoms with E-state index in [1.54, 1.807) is 13.1 Å². The van der Waals surface area contributed by atoms with Crippen LogP contribution in [0.5, 0.6) is 0 Å². The molecule has 1 atom stereocenters. The van der Waals surface area contributed by atoms with E-state index >= 15 is 0 Å². The molecule has 78 valence electrons. The summed E-state index contributed by atoms with van der Waals surface area (Å²) in [7, 11) is 1.79. The number of hydrogen-bond donors (Lipinski definition) is 3. The fourth-order valence-corrected chi connectivity index (χ4v) is 1.56. The first-order valence-corrected chi connectivity index (χ1v) is 4.82. The predicted octanol–water partition coefficient (Wildman–Crippen LogP) is 1.48. The number of halogens is 1. The van der Waals surface area contributed by atoms with Crippen molar-refractivity contribution >= 4 is 17.3 Å². The molecule has 14 heavy (non-hydrogen) atoms. The Labute approximate surface area is 88.9 Å². The van der Waals surface area contributed by atoms with Gasteiger partial charge in [-0.2, -0.15) is 0 Å². The highest BCUT2D eigenvalue weighted by Gasteiger charge is 2.10. The van der Waals surface area contributed by atoms with Crippen molar-refractivity contribution < 1.29 is 5.11 Å². The lowest BCUT2D eigenvalue weighted by Crippen LogP contribution is -2.16. The lowest BCUT2D eigenvalue weighted by atomic mass is 10.1. The number of aliphatic hydroxyl groups excluding tert-OH is 1. The van der Waals surface area contributed by atoms with E-state index in [0.29, 0.717) is 17.3 Å². The van der Waals surface area contributed by atoms with E-state index in [-0.39, 0.29) is 0 Å². The Hall–Kier alpha value is -0.770. The van der Waals surface area contributed by atoms with Crippen molar-refractivity contribution in [2.45, 2.75) is 13.0 Å². The Bertz CT molecular complexity index is 305. The summed E-state index contributed by atoms with van der Waals surface area (Å²) in [5.74, 6) is 0. The maximum atomic E-state index is 9.70. The Morgan fingerprint density at radius 1 is 1.57 bits per heavy atom. The van der Waals surface area contributed by atoms with Crippen LogP contribution in [0.2, 0.25) is 5.02 Å². The maximum Gasteiger partial charge on any atom is 0.0914 e. The topological polar surface area (TPSA) is 58.3 Å². The van der Waals surface area contributed by atoms with Gasteiger partial charge in [-0.1, -0.05) is 17.7 Å². The molecule has 0 fully saturated rings. The largest absolute Gasteiger partial charge is 0.397 e. The van der Waals surface area contributed by atoms with Gasteiger partial charge < -0.3 is 16.2 Å². The molecule has 1 unspecified atom stereocenters. The monoisotopic (exact) mass is 214 g/mol. The fourth-order valence-electron chi connectivity index (χ4n) is 1.29. The number of rotatable bonds is 3. The van der Waals surface area contributed by atoms with Crippen LogP contribution in [0.4, 0.5) is 5.69 Å². The summed E-state index contributed by atoms with van der Waals surface area (Å²) >= 11 is 5.91. The number of benzene rings is 1. The van der Waals surface area contributed by atoms with Crippen LogP contribution in [0.3, 0.4) is 0 Å². The molecule has 1 rings (SSSR count). The molecule has 0 spiro atoms. The zero-order chi connectivity index (χ0) is 10.7. The predicted molar refractivity (Wildman–Crippen MR) is 59.5 cm³/mol. The first-order chi connectivity index (χ1) is 6.56. The van der Waals surface area contributed by atoms with Crippen molar-refractivity contribution in [1.29, 1.82) is 0 Å². The van der Waals surface area contributed by atoms with E-state index in [1.807, 2.05) is 13.0 Å². The summed E-state index contributed by atoms with van der Waals surface area (Å²) < 4.78 is 0. The molecule has 4 N–H and O–H groups in total. The van der Waals surface area contributed by atoms with Crippen LogP contribution in [-0.4, -0.2) is 18.7 Å². The molecule has 3 nitrogen and oxygen atoms in total. The molecule has 4 heteroatoms.